The van der Waals surface area contributed by atoms with Gasteiger partial charge in [0.2, 0.25) is 0 Å². The van der Waals surface area contributed by atoms with Gasteiger partial charge in [0.25, 0.3) is 0 Å². The van der Waals surface area contributed by atoms with E-state index in [1.54, 1.807) is 0 Å². The monoisotopic (exact) mass is 192 g/mol. The molecule has 0 aliphatic heterocycles. The fourth-order valence-electron chi connectivity index (χ4n) is 0. The van der Waals surface area contributed by atoms with Crippen molar-refractivity contribution in [3.63, 3.8) is 0 Å². The second kappa shape index (κ2) is 9.34. The number of nitrogens with zero attached hydrogens (tertiary/aromatic N) is 1. The van der Waals surface area contributed by atoms with Crippen molar-refractivity contribution < 1.29 is 57.0 Å². The molecule has 0 unspecified atom stereocenters. The Kier molecular flexibility index (Phi) is 24.5. The summed E-state index contributed by atoms with van der Waals surface area (Å²) in [5.74, 6) is 0. The van der Waals surface area contributed by atoms with Crippen LogP contribution in [0.4, 0.5) is 0 Å². The standard InChI is InChI=1S/Ag.NO3.Na/c;2-1(3)4;/q;-1;+1. The average molecular weight is 193 g/mol. The van der Waals surface area contributed by atoms with Gasteiger partial charge in [0.05, 0.1) is 5.09 Å². The molecular weight excluding hydrogens is 193 g/mol. The maximum Gasteiger partial charge on any atom is 1.00 e. The third kappa shape index (κ3) is 86.8. The SMILES string of the molecule is O=[N+]([O-])[O-].[Ag].[Na+]. The van der Waals surface area contributed by atoms with E-state index in [-0.39, 0.29) is 51.9 Å². The summed E-state index contributed by atoms with van der Waals surface area (Å²) in [5, 5.41) is 14.8. The summed E-state index contributed by atoms with van der Waals surface area (Å²) < 4.78 is 0. The number of hydrogen-bond donors (Lipinski definition) is 0. The van der Waals surface area contributed by atoms with Crippen molar-refractivity contribution in [3.8, 4) is 0 Å². The Labute approximate surface area is 71.8 Å². The summed E-state index contributed by atoms with van der Waals surface area (Å²) in [5.41, 5.74) is 0. The van der Waals surface area contributed by atoms with Crippen LogP contribution in [-0.2, 0) is 22.4 Å². The summed E-state index contributed by atoms with van der Waals surface area (Å²) >= 11 is 0. The quantitative estimate of drug-likeness (QED) is 0.230. The molecule has 0 rings (SSSR count). The Balaban J connectivity index is -0.0000000450. The molecule has 0 atom stereocenters. The van der Waals surface area contributed by atoms with Crippen LogP contribution in [0.1, 0.15) is 0 Å². The van der Waals surface area contributed by atoms with E-state index in [2.05, 4.69) is 0 Å². The Hall–Kier alpha value is 0.940. The molecule has 0 bridgehead atoms. The fourth-order valence-corrected chi connectivity index (χ4v) is 0. The summed E-state index contributed by atoms with van der Waals surface area (Å²) in [7, 11) is 0. The molecule has 1 radical (unpaired) electrons. The molecule has 0 saturated heterocycles. The van der Waals surface area contributed by atoms with Crippen molar-refractivity contribution in [1.82, 2.24) is 0 Å². The Bertz CT molecular complexity index is 33.8. The van der Waals surface area contributed by atoms with Crippen LogP contribution < -0.4 is 29.6 Å². The van der Waals surface area contributed by atoms with E-state index in [9.17, 15) is 0 Å². The molecular formula is AgNNaO3. The minimum atomic E-state index is -1.75. The predicted molar refractivity (Wildman–Crippen MR) is 10.4 cm³/mol. The van der Waals surface area contributed by atoms with Crippen molar-refractivity contribution in [2.45, 2.75) is 0 Å². The van der Waals surface area contributed by atoms with Crippen molar-refractivity contribution in [2.75, 3.05) is 0 Å². The zero-order chi connectivity index (χ0) is 3.58. The topological polar surface area (TPSA) is 66.2 Å². The Morgan fingerprint density at radius 3 is 1.33 bits per heavy atom. The Morgan fingerprint density at radius 1 is 1.33 bits per heavy atom. The van der Waals surface area contributed by atoms with Crippen LogP contribution in [0.3, 0.4) is 0 Å². The molecule has 35 valence electrons. The first kappa shape index (κ1) is 15.8. The molecule has 6 heavy (non-hydrogen) atoms. The first-order chi connectivity index (χ1) is 1.73. The van der Waals surface area contributed by atoms with Crippen molar-refractivity contribution in [2.24, 2.45) is 0 Å². The second-order valence-electron chi connectivity index (χ2n) is 0.224. The molecule has 4 nitrogen and oxygen atoms in total. The molecule has 0 fully saturated rings. The van der Waals surface area contributed by atoms with E-state index in [4.69, 9.17) is 15.3 Å². The molecule has 6 heteroatoms. The van der Waals surface area contributed by atoms with Gasteiger partial charge >= 0.3 is 29.6 Å². The molecule has 0 spiro atoms. The molecule has 0 amide bonds. The summed E-state index contributed by atoms with van der Waals surface area (Å²) in [6, 6.07) is 0. The first-order valence-corrected chi connectivity index (χ1v) is 0.548. The van der Waals surface area contributed by atoms with E-state index >= 15 is 0 Å². The van der Waals surface area contributed by atoms with Gasteiger partial charge in [-0.2, -0.15) is 0 Å². The largest absolute Gasteiger partial charge is 1.00 e. The molecule has 0 heterocycles. The number of rotatable bonds is 0. The van der Waals surface area contributed by atoms with Gasteiger partial charge in [-0.1, -0.05) is 0 Å². The van der Waals surface area contributed by atoms with Gasteiger partial charge in [-0.05, 0) is 0 Å². The van der Waals surface area contributed by atoms with Gasteiger partial charge in [-0.3, -0.25) is 0 Å². The molecule has 0 aromatic heterocycles. The van der Waals surface area contributed by atoms with E-state index in [0.717, 1.165) is 0 Å². The number of hydrogen-bond acceptors (Lipinski definition) is 3. The van der Waals surface area contributed by atoms with E-state index in [1.807, 2.05) is 0 Å². The third-order valence-corrected chi connectivity index (χ3v) is 0. The van der Waals surface area contributed by atoms with Gasteiger partial charge in [-0.15, -0.1) is 0 Å². The summed E-state index contributed by atoms with van der Waals surface area (Å²) in [6.07, 6.45) is 0. The average Bonchev–Trinajstić information content (AvgIpc) is 0.811. The molecule has 0 aliphatic carbocycles. The maximum atomic E-state index is 8.25. The van der Waals surface area contributed by atoms with Gasteiger partial charge < -0.3 is 15.3 Å². The van der Waals surface area contributed by atoms with E-state index in [0.29, 0.717) is 0 Å². The van der Waals surface area contributed by atoms with Crippen LogP contribution in [0, 0.1) is 15.3 Å². The van der Waals surface area contributed by atoms with E-state index in [1.165, 1.54) is 0 Å². The molecule has 0 N–H and O–H groups in total. The predicted octanol–water partition coefficient (Wildman–Crippen LogP) is -3.24. The van der Waals surface area contributed by atoms with Gasteiger partial charge in [0, 0.05) is 22.4 Å². The normalized spacial score (nSPS) is 4.00. The van der Waals surface area contributed by atoms with Crippen molar-refractivity contribution in [1.29, 1.82) is 0 Å². The zero-order valence-corrected chi connectivity index (χ0v) is 6.46. The van der Waals surface area contributed by atoms with Crippen LogP contribution in [0.15, 0.2) is 0 Å². The third-order valence-electron chi connectivity index (χ3n) is 0. The molecule has 0 aromatic rings. The molecule has 0 saturated carbocycles. The van der Waals surface area contributed by atoms with Gasteiger partial charge in [0.1, 0.15) is 0 Å². The van der Waals surface area contributed by atoms with Gasteiger partial charge in [-0.25, -0.2) is 0 Å². The fraction of sp³-hybridized carbons (Fsp3) is 0. The minimum absolute atomic E-state index is 0. The van der Waals surface area contributed by atoms with Gasteiger partial charge in [0.15, 0.2) is 0 Å². The van der Waals surface area contributed by atoms with Crippen molar-refractivity contribution in [3.05, 3.63) is 15.3 Å². The summed E-state index contributed by atoms with van der Waals surface area (Å²) in [4.78, 5) is 8.25. The van der Waals surface area contributed by atoms with E-state index < -0.39 is 5.09 Å². The maximum absolute atomic E-state index is 8.25. The zero-order valence-electron chi connectivity index (χ0n) is 2.97. The molecule has 0 aromatic carbocycles. The first-order valence-electron chi connectivity index (χ1n) is 0.548. The Morgan fingerprint density at radius 2 is 1.33 bits per heavy atom. The molecule has 0 aliphatic rings. The summed E-state index contributed by atoms with van der Waals surface area (Å²) in [6.45, 7) is 0. The van der Waals surface area contributed by atoms with Crippen LogP contribution in [0.25, 0.3) is 0 Å². The second-order valence-corrected chi connectivity index (χ2v) is 0.224. The minimum Gasteiger partial charge on any atom is -0.356 e. The smallest absolute Gasteiger partial charge is 0.356 e. The van der Waals surface area contributed by atoms with Crippen LogP contribution in [0.2, 0.25) is 0 Å². The van der Waals surface area contributed by atoms with Crippen LogP contribution in [0.5, 0.6) is 0 Å². The van der Waals surface area contributed by atoms with Crippen molar-refractivity contribution >= 4 is 0 Å². The van der Waals surface area contributed by atoms with Crippen LogP contribution >= 0.6 is 0 Å². The van der Waals surface area contributed by atoms with Crippen LogP contribution in [-0.4, -0.2) is 5.09 Å².